The predicted molar refractivity (Wildman–Crippen MR) is 132 cm³/mol. The number of pyridine rings is 1. The summed E-state index contributed by atoms with van der Waals surface area (Å²) >= 11 is 5.84. The van der Waals surface area contributed by atoms with Crippen molar-refractivity contribution in [3.63, 3.8) is 0 Å². The molecule has 194 valence electrons. The summed E-state index contributed by atoms with van der Waals surface area (Å²) in [6.45, 7) is 0.805. The Kier molecular flexibility index (Phi) is 7.99. The molecule has 1 fully saturated rings. The predicted octanol–water partition coefficient (Wildman–Crippen LogP) is 4.95. The summed E-state index contributed by atoms with van der Waals surface area (Å²) < 4.78 is 45.2. The Morgan fingerprint density at radius 1 is 1.00 bits per heavy atom. The standard InChI is InChI=1S/C26H24ClF3N4O3/c27-22-7-3-6-21(34-22)23(35)32-15-25(12-13-37-16-25)24(36)31-14-17-8-10-18(11-9-17)33-20-5-2-1-4-19(20)26(28,29)30/h1-11,33H,12-16H2,(H,31,36)(H,32,35)/t25-/m0/s1. The summed E-state index contributed by atoms with van der Waals surface area (Å²) in [6, 6.07) is 16.6. The number of anilines is 2. The molecule has 2 aromatic carbocycles. The van der Waals surface area contributed by atoms with Gasteiger partial charge in [-0.3, -0.25) is 9.59 Å². The van der Waals surface area contributed by atoms with Crippen LogP contribution in [-0.4, -0.2) is 36.6 Å². The summed E-state index contributed by atoms with van der Waals surface area (Å²) in [5.74, 6) is -0.720. The molecule has 3 N–H and O–H groups in total. The average molecular weight is 533 g/mol. The molecular formula is C26H24ClF3N4O3. The number of carbonyl (C=O) groups is 2. The second-order valence-corrected chi connectivity index (χ2v) is 9.05. The van der Waals surface area contributed by atoms with Crippen molar-refractivity contribution in [3.05, 3.63) is 88.7 Å². The third-order valence-electron chi connectivity index (χ3n) is 6.04. The highest BCUT2D eigenvalue weighted by atomic mass is 35.5. The summed E-state index contributed by atoms with van der Waals surface area (Å²) in [5.41, 5.74) is -0.359. The van der Waals surface area contributed by atoms with Gasteiger partial charge in [0, 0.05) is 25.4 Å². The minimum atomic E-state index is -4.47. The molecule has 37 heavy (non-hydrogen) atoms. The maximum absolute atomic E-state index is 13.2. The number of aromatic nitrogens is 1. The van der Waals surface area contributed by atoms with E-state index < -0.39 is 23.1 Å². The van der Waals surface area contributed by atoms with Gasteiger partial charge in [0.15, 0.2) is 0 Å². The van der Waals surface area contributed by atoms with E-state index in [4.69, 9.17) is 16.3 Å². The largest absolute Gasteiger partial charge is 0.418 e. The van der Waals surface area contributed by atoms with Gasteiger partial charge in [-0.1, -0.05) is 41.9 Å². The van der Waals surface area contributed by atoms with E-state index in [9.17, 15) is 22.8 Å². The molecular weight excluding hydrogens is 509 g/mol. The van der Waals surface area contributed by atoms with Crippen LogP contribution in [0.5, 0.6) is 0 Å². The molecule has 0 radical (unpaired) electrons. The van der Waals surface area contributed by atoms with Gasteiger partial charge in [0.2, 0.25) is 5.91 Å². The summed E-state index contributed by atoms with van der Waals surface area (Å²) in [5, 5.41) is 8.60. The van der Waals surface area contributed by atoms with E-state index >= 15 is 0 Å². The zero-order valence-corrected chi connectivity index (χ0v) is 20.3. The van der Waals surface area contributed by atoms with Gasteiger partial charge < -0.3 is 20.7 Å². The van der Waals surface area contributed by atoms with Crippen molar-refractivity contribution < 1.29 is 27.5 Å². The van der Waals surface area contributed by atoms with Crippen LogP contribution in [0.2, 0.25) is 5.15 Å². The lowest BCUT2D eigenvalue weighted by molar-refractivity contribution is -0.137. The molecule has 1 aliphatic rings. The Balaban J connectivity index is 1.35. The van der Waals surface area contributed by atoms with E-state index in [1.807, 2.05) is 0 Å². The molecule has 0 bridgehead atoms. The van der Waals surface area contributed by atoms with Gasteiger partial charge in [0.25, 0.3) is 5.91 Å². The molecule has 1 saturated heterocycles. The molecule has 1 aromatic heterocycles. The first-order valence-corrected chi connectivity index (χ1v) is 11.8. The van der Waals surface area contributed by atoms with E-state index in [0.717, 1.165) is 11.6 Å². The molecule has 3 aromatic rings. The topological polar surface area (TPSA) is 92.4 Å². The lowest BCUT2D eigenvalue weighted by Crippen LogP contribution is -2.49. The Bertz CT molecular complexity index is 1260. The maximum Gasteiger partial charge on any atom is 0.418 e. The van der Waals surface area contributed by atoms with E-state index in [1.165, 1.54) is 24.3 Å². The summed E-state index contributed by atoms with van der Waals surface area (Å²) in [6.07, 6.45) is -4.04. The van der Waals surface area contributed by atoms with Crippen LogP contribution in [0, 0.1) is 5.41 Å². The van der Waals surface area contributed by atoms with Gasteiger partial charge in [-0.2, -0.15) is 13.2 Å². The van der Waals surface area contributed by atoms with Gasteiger partial charge >= 0.3 is 6.18 Å². The normalized spacial score (nSPS) is 17.3. The number of amides is 2. The molecule has 2 heterocycles. The number of benzene rings is 2. The molecule has 4 rings (SSSR count). The Morgan fingerprint density at radius 2 is 1.76 bits per heavy atom. The lowest BCUT2D eigenvalue weighted by Gasteiger charge is -2.26. The van der Waals surface area contributed by atoms with Crippen LogP contribution in [0.25, 0.3) is 0 Å². The van der Waals surface area contributed by atoms with E-state index in [2.05, 4.69) is 20.9 Å². The maximum atomic E-state index is 13.2. The zero-order valence-electron chi connectivity index (χ0n) is 19.6. The van der Waals surface area contributed by atoms with Crippen molar-refractivity contribution in [1.82, 2.24) is 15.6 Å². The number of nitrogens with one attached hydrogen (secondary N) is 3. The second-order valence-electron chi connectivity index (χ2n) is 8.66. The van der Waals surface area contributed by atoms with E-state index in [0.29, 0.717) is 18.7 Å². The highest BCUT2D eigenvalue weighted by molar-refractivity contribution is 6.29. The van der Waals surface area contributed by atoms with Crippen molar-refractivity contribution in [2.24, 2.45) is 5.41 Å². The molecule has 1 atom stereocenters. The van der Waals surface area contributed by atoms with Crippen LogP contribution in [-0.2, 0) is 22.3 Å². The first-order valence-electron chi connectivity index (χ1n) is 11.5. The van der Waals surface area contributed by atoms with Crippen molar-refractivity contribution in [3.8, 4) is 0 Å². The number of ether oxygens (including phenoxy) is 1. The van der Waals surface area contributed by atoms with Crippen molar-refractivity contribution in [2.75, 3.05) is 25.1 Å². The fraction of sp³-hybridized carbons (Fsp3) is 0.269. The third kappa shape index (κ3) is 6.58. The van der Waals surface area contributed by atoms with Crippen LogP contribution in [0.3, 0.4) is 0 Å². The Morgan fingerprint density at radius 3 is 2.43 bits per heavy atom. The average Bonchev–Trinajstić information content (AvgIpc) is 3.37. The fourth-order valence-corrected chi connectivity index (χ4v) is 4.12. The fourth-order valence-electron chi connectivity index (χ4n) is 3.95. The summed E-state index contributed by atoms with van der Waals surface area (Å²) in [7, 11) is 0. The molecule has 0 spiro atoms. The summed E-state index contributed by atoms with van der Waals surface area (Å²) in [4.78, 5) is 29.5. The second kappa shape index (κ2) is 11.2. The number of hydrogen-bond acceptors (Lipinski definition) is 5. The highest BCUT2D eigenvalue weighted by Gasteiger charge is 2.42. The SMILES string of the molecule is O=C(NC[C@@]1(C(=O)NCc2ccc(Nc3ccccc3C(F)(F)F)cc2)CCOC1)c1cccc(Cl)n1. The number of halogens is 4. The lowest BCUT2D eigenvalue weighted by atomic mass is 9.86. The molecule has 0 aliphatic carbocycles. The number of alkyl halides is 3. The molecule has 2 amide bonds. The Hall–Kier alpha value is -3.63. The van der Waals surface area contributed by atoms with Crippen LogP contribution in [0.1, 0.15) is 28.0 Å². The number of rotatable bonds is 8. The minimum Gasteiger partial charge on any atom is -0.380 e. The molecule has 11 heteroatoms. The van der Waals surface area contributed by atoms with Gasteiger partial charge in [-0.25, -0.2) is 4.98 Å². The van der Waals surface area contributed by atoms with Crippen molar-refractivity contribution in [2.45, 2.75) is 19.1 Å². The quantitative estimate of drug-likeness (QED) is 0.357. The third-order valence-corrected chi connectivity index (χ3v) is 6.25. The molecule has 7 nitrogen and oxygen atoms in total. The van der Waals surface area contributed by atoms with Crippen LogP contribution >= 0.6 is 11.6 Å². The highest BCUT2D eigenvalue weighted by Crippen LogP contribution is 2.36. The smallest absolute Gasteiger partial charge is 0.380 e. The molecule has 0 unspecified atom stereocenters. The van der Waals surface area contributed by atoms with Gasteiger partial charge in [-0.05, 0) is 48.4 Å². The number of carbonyl (C=O) groups excluding carboxylic acids is 2. The zero-order chi connectivity index (χ0) is 26.5. The number of nitrogens with zero attached hydrogens (tertiary/aromatic N) is 1. The van der Waals surface area contributed by atoms with Crippen LogP contribution in [0.15, 0.2) is 66.7 Å². The van der Waals surface area contributed by atoms with Gasteiger partial charge in [-0.15, -0.1) is 0 Å². The van der Waals surface area contributed by atoms with Crippen LogP contribution < -0.4 is 16.0 Å². The minimum absolute atomic E-state index is 0.0470. The Labute approximate surface area is 216 Å². The van der Waals surface area contributed by atoms with Crippen molar-refractivity contribution in [1.29, 1.82) is 0 Å². The van der Waals surface area contributed by atoms with Crippen molar-refractivity contribution >= 4 is 34.8 Å². The molecule has 1 aliphatic heterocycles. The van der Waals surface area contributed by atoms with E-state index in [1.54, 1.807) is 36.4 Å². The monoisotopic (exact) mass is 532 g/mol. The van der Waals surface area contributed by atoms with Gasteiger partial charge in [0.05, 0.1) is 23.3 Å². The van der Waals surface area contributed by atoms with Gasteiger partial charge in [0.1, 0.15) is 10.8 Å². The number of para-hydroxylation sites is 1. The first-order chi connectivity index (χ1) is 17.7. The first kappa shape index (κ1) is 26.4. The number of hydrogen-bond donors (Lipinski definition) is 3. The molecule has 0 saturated carbocycles. The van der Waals surface area contributed by atoms with Crippen LogP contribution in [0.4, 0.5) is 24.5 Å². The van der Waals surface area contributed by atoms with E-state index in [-0.39, 0.29) is 42.1 Å².